The lowest BCUT2D eigenvalue weighted by molar-refractivity contribution is -0.137. The second-order valence-corrected chi connectivity index (χ2v) is 5.40. The molecule has 1 unspecified atom stereocenters. The van der Waals surface area contributed by atoms with Gasteiger partial charge in [0, 0.05) is 25.3 Å². The van der Waals surface area contributed by atoms with Crippen LogP contribution in [0.4, 0.5) is 0 Å². The third kappa shape index (κ3) is 4.56. The summed E-state index contributed by atoms with van der Waals surface area (Å²) in [4.78, 5) is 24.9. The molecule has 1 saturated heterocycles. The molecule has 2 rings (SSSR count). The lowest BCUT2D eigenvalue weighted by Gasteiger charge is -2.25. The summed E-state index contributed by atoms with van der Waals surface area (Å²) < 4.78 is 5.55. The third-order valence-corrected chi connectivity index (χ3v) is 3.63. The Morgan fingerprint density at radius 2 is 2.05 bits per heavy atom. The van der Waals surface area contributed by atoms with E-state index >= 15 is 0 Å². The number of carbonyl (C=O) groups excluding carboxylic acids is 1. The van der Waals surface area contributed by atoms with Gasteiger partial charge in [0.05, 0.1) is 12.5 Å². The van der Waals surface area contributed by atoms with E-state index in [1.54, 1.807) is 17.0 Å². The van der Waals surface area contributed by atoms with Crippen LogP contribution in [0.15, 0.2) is 24.3 Å². The maximum absolute atomic E-state index is 12.5. The van der Waals surface area contributed by atoms with E-state index < -0.39 is 5.97 Å². The Morgan fingerprint density at radius 1 is 1.33 bits per heavy atom. The summed E-state index contributed by atoms with van der Waals surface area (Å²) in [5.41, 5.74) is 1.67. The Balaban J connectivity index is 2.06. The summed E-state index contributed by atoms with van der Waals surface area (Å²) in [7, 11) is 0. The number of carboxylic acid groups (broad SMARTS) is 1. The van der Waals surface area contributed by atoms with E-state index in [1.807, 2.05) is 19.1 Å². The number of hydrogen-bond acceptors (Lipinski definition) is 3. The van der Waals surface area contributed by atoms with Crippen molar-refractivity contribution in [1.82, 2.24) is 4.90 Å². The van der Waals surface area contributed by atoms with E-state index in [4.69, 9.17) is 9.84 Å². The lowest BCUT2D eigenvalue weighted by atomic mass is 10.1. The Morgan fingerprint density at radius 3 is 2.62 bits per heavy atom. The van der Waals surface area contributed by atoms with Crippen LogP contribution < -0.4 is 0 Å². The molecule has 5 heteroatoms. The number of hydrogen-bond donors (Lipinski definition) is 1. The quantitative estimate of drug-likeness (QED) is 0.871. The second-order valence-electron chi connectivity index (χ2n) is 5.40. The zero-order valence-electron chi connectivity index (χ0n) is 12.2. The van der Waals surface area contributed by atoms with Gasteiger partial charge in [-0.25, -0.2) is 0 Å². The molecule has 1 aliphatic heterocycles. The highest BCUT2D eigenvalue weighted by molar-refractivity contribution is 5.94. The summed E-state index contributed by atoms with van der Waals surface area (Å²) in [5.74, 6) is -1.03. The van der Waals surface area contributed by atoms with Gasteiger partial charge in [-0.1, -0.05) is 17.7 Å². The molecule has 0 aliphatic carbocycles. The molecule has 0 aromatic heterocycles. The van der Waals surface area contributed by atoms with Gasteiger partial charge in [-0.15, -0.1) is 0 Å². The molecule has 1 atom stereocenters. The van der Waals surface area contributed by atoms with Crippen LogP contribution >= 0.6 is 0 Å². The zero-order valence-corrected chi connectivity index (χ0v) is 12.2. The van der Waals surface area contributed by atoms with Gasteiger partial charge in [0.2, 0.25) is 0 Å². The molecule has 0 saturated carbocycles. The van der Waals surface area contributed by atoms with Crippen molar-refractivity contribution in [3.63, 3.8) is 0 Å². The largest absolute Gasteiger partial charge is 0.481 e. The van der Waals surface area contributed by atoms with Gasteiger partial charge in [-0.05, 0) is 31.9 Å². The number of carboxylic acids is 1. The van der Waals surface area contributed by atoms with Crippen LogP contribution in [0.1, 0.15) is 35.2 Å². The van der Waals surface area contributed by atoms with E-state index in [9.17, 15) is 9.59 Å². The third-order valence-electron chi connectivity index (χ3n) is 3.63. The molecular formula is C16H21NO4. The highest BCUT2D eigenvalue weighted by Crippen LogP contribution is 2.16. The molecule has 1 fully saturated rings. The number of carbonyl (C=O) groups is 2. The van der Waals surface area contributed by atoms with E-state index in [0.717, 1.165) is 25.0 Å². The molecule has 114 valence electrons. The Bertz CT molecular complexity index is 492. The average Bonchev–Trinajstić information content (AvgIpc) is 2.96. The van der Waals surface area contributed by atoms with Gasteiger partial charge in [0.25, 0.3) is 5.91 Å². The first kappa shape index (κ1) is 15.5. The van der Waals surface area contributed by atoms with Crippen LogP contribution in [0.25, 0.3) is 0 Å². The molecule has 1 aromatic rings. The first-order valence-corrected chi connectivity index (χ1v) is 7.25. The molecule has 1 aromatic carbocycles. The van der Waals surface area contributed by atoms with Crippen LogP contribution in [0.2, 0.25) is 0 Å². The van der Waals surface area contributed by atoms with Gasteiger partial charge in [0.15, 0.2) is 0 Å². The van der Waals surface area contributed by atoms with Crippen LogP contribution in [0, 0.1) is 6.92 Å². The number of aliphatic carboxylic acids is 1. The first-order valence-electron chi connectivity index (χ1n) is 7.25. The molecule has 5 nitrogen and oxygen atoms in total. The Hall–Kier alpha value is -1.88. The number of rotatable bonds is 6. The molecule has 0 spiro atoms. The minimum atomic E-state index is -0.899. The highest BCUT2D eigenvalue weighted by Gasteiger charge is 2.23. The van der Waals surface area contributed by atoms with Crippen molar-refractivity contribution in [2.24, 2.45) is 0 Å². The number of benzene rings is 1. The zero-order chi connectivity index (χ0) is 15.2. The predicted molar refractivity (Wildman–Crippen MR) is 78.3 cm³/mol. The van der Waals surface area contributed by atoms with Crippen molar-refractivity contribution in [2.45, 2.75) is 32.3 Å². The van der Waals surface area contributed by atoms with Crippen molar-refractivity contribution in [2.75, 3.05) is 19.7 Å². The van der Waals surface area contributed by atoms with Crippen molar-refractivity contribution in [3.05, 3.63) is 35.4 Å². The van der Waals surface area contributed by atoms with Crippen molar-refractivity contribution < 1.29 is 19.4 Å². The Kier molecular flexibility index (Phi) is 5.33. The van der Waals surface area contributed by atoms with Crippen LogP contribution in [-0.2, 0) is 9.53 Å². The van der Waals surface area contributed by atoms with Gasteiger partial charge in [-0.2, -0.15) is 0 Å². The van der Waals surface area contributed by atoms with Crippen LogP contribution in [-0.4, -0.2) is 47.7 Å². The molecule has 1 amide bonds. The van der Waals surface area contributed by atoms with Gasteiger partial charge in [0.1, 0.15) is 0 Å². The maximum atomic E-state index is 12.5. The molecular weight excluding hydrogens is 270 g/mol. The lowest BCUT2D eigenvalue weighted by Crippen LogP contribution is -2.38. The number of aryl methyl sites for hydroxylation is 1. The van der Waals surface area contributed by atoms with E-state index in [0.29, 0.717) is 12.1 Å². The normalized spacial score (nSPS) is 17.7. The minimum Gasteiger partial charge on any atom is -0.481 e. The van der Waals surface area contributed by atoms with Gasteiger partial charge >= 0.3 is 5.97 Å². The van der Waals surface area contributed by atoms with Crippen molar-refractivity contribution in [3.8, 4) is 0 Å². The van der Waals surface area contributed by atoms with Gasteiger partial charge < -0.3 is 14.7 Å². The topological polar surface area (TPSA) is 66.8 Å². The number of amides is 1. The van der Waals surface area contributed by atoms with E-state index in [1.165, 1.54) is 0 Å². The van der Waals surface area contributed by atoms with Crippen LogP contribution in [0.3, 0.4) is 0 Å². The molecule has 1 N–H and O–H groups in total. The summed E-state index contributed by atoms with van der Waals surface area (Å²) in [6.45, 7) is 3.35. The SMILES string of the molecule is Cc1ccc(C(=O)N(CCC(=O)O)CC2CCCO2)cc1. The summed E-state index contributed by atoms with van der Waals surface area (Å²) in [6.07, 6.45) is 1.89. The maximum Gasteiger partial charge on any atom is 0.305 e. The van der Waals surface area contributed by atoms with Gasteiger partial charge in [-0.3, -0.25) is 9.59 Å². The average molecular weight is 291 g/mol. The fraction of sp³-hybridized carbons (Fsp3) is 0.500. The summed E-state index contributed by atoms with van der Waals surface area (Å²) in [5, 5.41) is 8.84. The molecule has 1 heterocycles. The fourth-order valence-corrected chi connectivity index (χ4v) is 2.42. The van der Waals surface area contributed by atoms with E-state index in [-0.39, 0.29) is 25.0 Å². The summed E-state index contributed by atoms with van der Waals surface area (Å²) >= 11 is 0. The van der Waals surface area contributed by atoms with Crippen LogP contribution in [0.5, 0.6) is 0 Å². The monoisotopic (exact) mass is 291 g/mol. The number of ether oxygens (including phenoxy) is 1. The Labute approximate surface area is 124 Å². The van der Waals surface area contributed by atoms with Crippen molar-refractivity contribution in [1.29, 1.82) is 0 Å². The molecule has 1 aliphatic rings. The minimum absolute atomic E-state index is 0.0215. The molecule has 0 radical (unpaired) electrons. The highest BCUT2D eigenvalue weighted by atomic mass is 16.5. The first-order chi connectivity index (χ1) is 10.1. The van der Waals surface area contributed by atoms with E-state index in [2.05, 4.69) is 0 Å². The molecule has 0 bridgehead atoms. The predicted octanol–water partition coefficient (Wildman–Crippen LogP) is 2.09. The summed E-state index contributed by atoms with van der Waals surface area (Å²) in [6, 6.07) is 7.32. The standard InChI is InChI=1S/C16H21NO4/c1-12-4-6-13(7-5-12)16(20)17(9-8-15(18)19)11-14-3-2-10-21-14/h4-7,14H,2-3,8-11H2,1H3,(H,18,19). The smallest absolute Gasteiger partial charge is 0.305 e. The number of nitrogens with zero attached hydrogens (tertiary/aromatic N) is 1. The molecule has 21 heavy (non-hydrogen) atoms. The second kappa shape index (κ2) is 7.22. The fourth-order valence-electron chi connectivity index (χ4n) is 2.42. The van der Waals surface area contributed by atoms with Crippen molar-refractivity contribution >= 4 is 11.9 Å².